The highest BCUT2D eigenvalue weighted by atomic mass is 16.6. The number of hydrogen-bond acceptors (Lipinski definition) is 4. The second-order valence-corrected chi connectivity index (χ2v) is 8.38. The largest absolute Gasteiger partial charge is 0.447 e. The molecule has 30 heavy (non-hydrogen) atoms. The summed E-state index contributed by atoms with van der Waals surface area (Å²) in [6, 6.07) is 18.1. The van der Waals surface area contributed by atoms with Crippen LogP contribution < -0.4 is 0 Å². The SMILES string of the molecule is COCCN1C(=O)OC[C@@H]1c1ccc(-c2ccc(CCN3CCC[C@H]3C)cc2)cc1. The van der Waals surface area contributed by atoms with Crippen molar-refractivity contribution in [3.05, 3.63) is 59.7 Å². The van der Waals surface area contributed by atoms with Gasteiger partial charge in [-0.2, -0.15) is 0 Å². The van der Waals surface area contributed by atoms with E-state index in [1.54, 1.807) is 12.0 Å². The van der Waals surface area contributed by atoms with Crippen molar-refractivity contribution in [3.8, 4) is 11.1 Å². The summed E-state index contributed by atoms with van der Waals surface area (Å²) in [5.41, 5.74) is 4.89. The Bertz CT molecular complexity index is 834. The number of rotatable bonds is 8. The summed E-state index contributed by atoms with van der Waals surface area (Å²) < 4.78 is 10.4. The fraction of sp³-hybridized carbons (Fsp3) is 0.480. The molecule has 2 heterocycles. The predicted molar refractivity (Wildman–Crippen MR) is 119 cm³/mol. The van der Waals surface area contributed by atoms with Gasteiger partial charge in [-0.3, -0.25) is 4.90 Å². The van der Waals surface area contributed by atoms with Crippen LogP contribution in [0.15, 0.2) is 48.5 Å². The molecule has 5 heteroatoms. The lowest BCUT2D eigenvalue weighted by Gasteiger charge is -2.21. The summed E-state index contributed by atoms with van der Waals surface area (Å²) in [5.74, 6) is 0. The van der Waals surface area contributed by atoms with Gasteiger partial charge in [-0.15, -0.1) is 0 Å². The summed E-state index contributed by atoms with van der Waals surface area (Å²) in [7, 11) is 1.64. The molecule has 0 spiro atoms. The van der Waals surface area contributed by atoms with Crippen LogP contribution in [0.5, 0.6) is 0 Å². The number of hydrogen-bond donors (Lipinski definition) is 0. The highest BCUT2D eigenvalue weighted by molar-refractivity contribution is 5.71. The van der Waals surface area contributed by atoms with Crippen LogP contribution in [0, 0.1) is 0 Å². The van der Waals surface area contributed by atoms with E-state index in [9.17, 15) is 4.79 Å². The summed E-state index contributed by atoms with van der Waals surface area (Å²) in [4.78, 5) is 16.3. The zero-order valence-electron chi connectivity index (χ0n) is 18.0. The molecule has 1 amide bonds. The first kappa shape index (κ1) is 20.9. The maximum atomic E-state index is 12.0. The van der Waals surface area contributed by atoms with E-state index < -0.39 is 0 Å². The molecule has 4 rings (SSSR count). The van der Waals surface area contributed by atoms with E-state index in [1.165, 1.54) is 36.1 Å². The molecule has 0 N–H and O–H groups in total. The number of carbonyl (C=O) groups is 1. The fourth-order valence-corrected chi connectivity index (χ4v) is 4.52. The molecular formula is C25H32N2O3. The maximum absolute atomic E-state index is 12.0. The second kappa shape index (κ2) is 9.63. The number of likely N-dealkylation sites (tertiary alicyclic amines) is 1. The molecule has 160 valence electrons. The average molecular weight is 409 g/mol. The molecular weight excluding hydrogens is 376 g/mol. The molecule has 0 radical (unpaired) electrons. The summed E-state index contributed by atoms with van der Waals surface area (Å²) in [5, 5.41) is 0. The molecule has 0 bridgehead atoms. The van der Waals surface area contributed by atoms with Crippen molar-refractivity contribution in [2.45, 2.75) is 38.3 Å². The number of amides is 1. The van der Waals surface area contributed by atoms with Crippen LogP contribution >= 0.6 is 0 Å². The number of methoxy groups -OCH3 is 1. The van der Waals surface area contributed by atoms with Crippen molar-refractivity contribution in [2.24, 2.45) is 0 Å². The van der Waals surface area contributed by atoms with Crippen molar-refractivity contribution >= 4 is 6.09 Å². The van der Waals surface area contributed by atoms with E-state index in [1.807, 2.05) is 0 Å². The molecule has 0 unspecified atom stereocenters. The Hall–Kier alpha value is -2.37. The van der Waals surface area contributed by atoms with E-state index in [4.69, 9.17) is 9.47 Å². The van der Waals surface area contributed by atoms with Crippen LogP contribution in [0.1, 0.15) is 36.9 Å². The molecule has 2 aliphatic rings. The lowest BCUT2D eigenvalue weighted by molar-refractivity contribution is 0.134. The standard InChI is InChI=1S/C25H32N2O3/c1-19-4-3-14-26(19)15-13-20-5-7-21(8-6-20)22-9-11-23(12-10-22)24-18-30-25(28)27(24)16-17-29-2/h5-12,19,24H,3-4,13-18H2,1-2H3/t19-,24-/m1/s1. The molecule has 5 nitrogen and oxygen atoms in total. The lowest BCUT2D eigenvalue weighted by atomic mass is 9.99. The maximum Gasteiger partial charge on any atom is 0.410 e. The van der Waals surface area contributed by atoms with Gasteiger partial charge in [0.2, 0.25) is 0 Å². The van der Waals surface area contributed by atoms with Gasteiger partial charge in [0, 0.05) is 26.2 Å². The Morgan fingerprint density at radius 3 is 2.37 bits per heavy atom. The van der Waals surface area contributed by atoms with E-state index in [2.05, 4.69) is 60.4 Å². The quantitative estimate of drug-likeness (QED) is 0.644. The number of carbonyl (C=O) groups excluding carboxylic acids is 1. The molecule has 2 atom stereocenters. The van der Waals surface area contributed by atoms with Crippen molar-refractivity contribution in [1.82, 2.24) is 9.80 Å². The van der Waals surface area contributed by atoms with Gasteiger partial charge in [-0.25, -0.2) is 4.79 Å². The van der Waals surface area contributed by atoms with Crippen molar-refractivity contribution in [3.63, 3.8) is 0 Å². The van der Waals surface area contributed by atoms with Crippen LogP contribution in [0.25, 0.3) is 11.1 Å². The Kier molecular flexibility index (Phi) is 6.70. The summed E-state index contributed by atoms with van der Waals surface area (Å²) in [6.45, 7) is 6.17. The number of nitrogens with zero attached hydrogens (tertiary/aromatic N) is 2. The van der Waals surface area contributed by atoms with Gasteiger partial charge in [-0.1, -0.05) is 48.5 Å². The van der Waals surface area contributed by atoms with E-state index in [0.717, 1.165) is 24.6 Å². The van der Waals surface area contributed by atoms with Crippen molar-refractivity contribution < 1.29 is 14.3 Å². The smallest absolute Gasteiger partial charge is 0.410 e. The van der Waals surface area contributed by atoms with Crippen molar-refractivity contribution in [1.29, 1.82) is 0 Å². The third kappa shape index (κ3) is 4.68. The zero-order valence-corrected chi connectivity index (χ0v) is 18.0. The molecule has 2 fully saturated rings. The first-order valence-electron chi connectivity index (χ1n) is 11.0. The third-order valence-corrected chi connectivity index (χ3v) is 6.47. The first-order valence-corrected chi connectivity index (χ1v) is 11.0. The van der Waals surface area contributed by atoms with Gasteiger partial charge in [0.15, 0.2) is 0 Å². The minimum Gasteiger partial charge on any atom is -0.447 e. The molecule has 2 aromatic rings. The molecule has 2 saturated heterocycles. The topological polar surface area (TPSA) is 42.0 Å². The second-order valence-electron chi connectivity index (χ2n) is 8.38. The molecule has 0 aliphatic carbocycles. The lowest BCUT2D eigenvalue weighted by Crippen LogP contribution is -2.30. The van der Waals surface area contributed by atoms with Crippen LogP contribution in [-0.2, 0) is 15.9 Å². The molecule has 0 aromatic heterocycles. The van der Waals surface area contributed by atoms with E-state index in [-0.39, 0.29) is 12.1 Å². The van der Waals surface area contributed by atoms with Crippen molar-refractivity contribution in [2.75, 3.05) is 40.0 Å². The van der Waals surface area contributed by atoms with Crippen LogP contribution in [0.3, 0.4) is 0 Å². The highest BCUT2D eigenvalue weighted by Gasteiger charge is 2.33. The average Bonchev–Trinajstić information content (AvgIpc) is 3.36. The van der Waals surface area contributed by atoms with Gasteiger partial charge in [-0.05, 0) is 55.0 Å². The van der Waals surface area contributed by atoms with Crippen LogP contribution in [-0.4, -0.2) is 61.9 Å². The summed E-state index contributed by atoms with van der Waals surface area (Å²) >= 11 is 0. The molecule has 2 aliphatic heterocycles. The van der Waals surface area contributed by atoms with Gasteiger partial charge in [0.25, 0.3) is 0 Å². The predicted octanol–water partition coefficient (Wildman–Crippen LogP) is 4.52. The monoisotopic (exact) mass is 408 g/mol. The third-order valence-electron chi connectivity index (χ3n) is 6.47. The van der Waals surface area contributed by atoms with E-state index in [0.29, 0.717) is 19.8 Å². The van der Waals surface area contributed by atoms with Crippen LogP contribution in [0.4, 0.5) is 4.79 Å². The normalized spacial score (nSPS) is 21.9. The Morgan fingerprint density at radius 2 is 1.73 bits per heavy atom. The van der Waals surface area contributed by atoms with E-state index >= 15 is 0 Å². The minimum absolute atomic E-state index is 0.0444. The minimum atomic E-state index is -0.264. The van der Waals surface area contributed by atoms with Crippen LogP contribution in [0.2, 0.25) is 0 Å². The van der Waals surface area contributed by atoms with Gasteiger partial charge < -0.3 is 14.4 Å². The Labute approximate surface area is 179 Å². The fourth-order valence-electron chi connectivity index (χ4n) is 4.52. The highest BCUT2D eigenvalue weighted by Crippen LogP contribution is 2.29. The molecule has 0 saturated carbocycles. The van der Waals surface area contributed by atoms with Gasteiger partial charge in [0.05, 0.1) is 12.6 Å². The Balaban J connectivity index is 1.38. The zero-order chi connectivity index (χ0) is 20.9. The van der Waals surface area contributed by atoms with Gasteiger partial charge in [0.1, 0.15) is 6.61 Å². The first-order chi connectivity index (χ1) is 14.7. The molecule has 2 aromatic carbocycles. The summed E-state index contributed by atoms with van der Waals surface area (Å²) in [6.07, 6.45) is 3.51. The Morgan fingerprint density at radius 1 is 1.03 bits per heavy atom. The number of benzene rings is 2. The van der Waals surface area contributed by atoms with Gasteiger partial charge >= 0.3 is 6.09 Å². The number of cyclic esters (lactones) is 1. The number of ether oxygens (including phenoxy) is 2.